The standard InChI is InChI=1S/C50H78O18/c1-24-34(55)39(67-42-36(57)38(64-26(3)53)30(65-42)22-61-25(2)52)37(58)41(63-24)68-40-35(56)29(54)21-62-43(40)66-33-13-14-46(6)31(47(33,7)23-51)12-15-49(9)32(46)11-10-27-28-20-45(4,5)16-18-50(28,44(59)60)19-17-48(27,49)8/h10,24,28-43,51,54-58H,11-23H2,1-9H3,(H,59,60)/t24-,28-,29-,30-,31+,32+,33-,34-,35-,36+,37+,38-,39+,40+,41-,42-,43-,46-,47-,48+,49+,50-/m0/s1. The summed E-state index contributed by atoms with van der Waals surface area (Å²) in [4.78, 5) is 36.6. The summed E-state index contributed by atoms with van der Waals surface area (Å²) in [6.45, 7) is 16.7. The van der Waals surface area contributed by atoms with E-state index in [4.69, 9.17) is 37.9 Å². The monoisotopic (exact) mass is 967 g/mol. The minimum absolute atomic E-state index is 0.00711. The molecule has 7 N–H and O–H groups in total. The van der Waals surface area contributed by atoms with Gasteiger partial charge in [0.1, 0.15) is 55.4 Å². The highest BCUT2D eigenvalue weighted by Crippen LogP contribution is 2.76. The summed E-state index contributed by atoms with van der Waals surface area (Å²) < 4.78 is 47.1. The Morgan fingerprint density at radius 2 is 1.40 bits per heavy atom. The number of carboxylic acids is 1. The predicted octanol–water partition coefficient (Wildman–Crippen LogP) is 3.13. The van der Waals surface area contributed by atoms with Gasteiger partial charge in [-0.25, -0.2) is 0 Å². The highest BCUT2D eigenvalue weighted by Gasteiger charge is 2.70. The van der Waals surface area contributed by atoms with Crippen LogP contribution in [0.4, 0.5) is 0 Å². The minimum Gasteiger partial charge on any atom is -0.481 e. The Labute approximate surface area is 399 Å². The van der Waals surface area contributed by atoms with Crippen LogP contribution < -0.4 is 0 Å². The molecule has 8 rings (SSSR count). The van der Waals surface area contributed by atoms with Crippen LogP contribution >= 0.6 is 0 Å². The Morgan fingerprint density at radius 3 is 2.06 bits per heavy atom. The van der Waals surface area contributed by atoms with E-state index in [1.165, 1.54) is 19.4 Å². The zero-order valence-electron chi connectivity index (χ0n) is 41.2. The topological polar surface area (TPSA) is 267 Å². The number of hydrogen-bond donors (Lipinski definition) is 7. The van der Waals surface area contributed by atoms with Gasteiger partial charge in [0.15, 0.2) is 25.0 Å². The van der Waals surface area contributed by atoms with Crippen LogP contribution in [0.15, 0.2) is 11.6 Å². The Hall–Kier alpha value is -2.33. The molecule has 0 aromatic carbocycles. The van der Waals surface area contributed by atoms with Gasteiger partial charge in [-0.15, -0.1) is 0 Å². The van der Waals surface area contributed by atoms with Crippen LogP contribution in [0.1, 0.15) is 127 Å². The molecule has 0 radical (unpaired) electrons. The highest BCUT2D eigenvalue weighted by atomic mass is 16.8. The molecule has 7 fully saturated rings. The third-order valence-electron chi connectivity index (χ3n) is 19.3. The van der Waals surface area contributed by atoms with Gasteiger partial charge in [-0.05, 0) is 111 Å². The van der Waals surface area contributed by atoms with Crippen molar-refractivity contribution in [3.8, 4) is 0 Å². The van der Waals surface area contributed by atoms with Gasteiger partial charge in [-0.1, -0.05) is 53.2 Å². The number of ether oxygens (including phenoxy) is 8. The van der Waals surface area contributed by atoms with Crippen LogP contribution in [0, 0.1) is 50.2 Å². The zero-order chi connectivity index (χ0) is 49.7. The first-order valence-electron chi connectivity index (χ1n) is 24.9. The third kappa shape index (κ3) is 8.49. The van der Waals surface area contributed by atoms with Gasteiger partial charge < -0.3 is 73.6 Å². The fourth-order valence-electron chi connectivity index (χ4n) is 15.1. The lowest BCUT2D eigenvalue weighted by molar-refractivity contribution is -0.374. The maximum atomic E-state index is 13.2. The van der Waals surface area contributed by atoms with E-state index in [2.05, 4.69) is 40.7 Å². The molecule has 0 spiro atoms. The molecule has 68 heavy (non-hydrogen) atoms. The van der Waals surface area contributed by atoms with Gasteiger partial charge in [0.2, 0.25) is 0 Å². The van der Waals surface area contributed by atoms with Gasteiger partial charge >= 0.3 is 17.9 Å². The normalized spacial score (nSPS) is 50.9. The Kier molecular flexibility index (Phi) is 14.2. The molecule has 4 saturated carbocycles. The van der Waals surface area contributed by atoms with E-state index in [1.807, 2.05) is 6.92 Å². The van der Waals surface area contributed by atoms with Crippen LogP contribution in [0.3, 0.4) is 0 Å². The molecule has 0 unspecified atom stereocenters. The number of aliphatic hydroxyl groups excluding tert-OH is 6. The number of aliphatic carboxylic acids is 1. The van der Waals surface area contributed by atoms with Crippen molar-refractivity contribution < 1.29 is 88.0 Å². The maximum Gasteiger partial charge on any atom is 0.310 e. The van der Waals surface area contributed by atoms with Crippen LogP contribution in [0.5, 0.6) is 0 Å². The lowest BCUT2D eigenvalue weighted by Crippen LogP contribution is -2.67. The molecule has 18 heteroatoms. The summed E-state index contributed by atoms with van der Waals surface area (Å²) in [6, 6.07) is 0. The average Bonchev–Trinajstić information content (AvgIpc) is 3.55. The number of fused-ring (bicyclic) bond motifs is 7. The van der Waals surface area contributed by atoms with E-state index >= 15 is 0 Å². The molecule has 3 saturated heterocycles. The predicted molar refractivity (Wildman–Crippen MR) is 238 cm³/mol. The fourth-order valence-corrected chi connectivity index (χ4v) is 15.1. The van der Waals surface area contributed by atoms with Crippen molar-refractivity contribution in [3.05, 3.63) is 11.6 Å². The highest BCUT2D eigenvalue weighted by molar-refractivity contribution is 5.76. The van der Waals surface area contributed by atoms with Gasteiger partial charge in [0.25, 0.3) is 0 Å². The lowest BCUT2D eigenvalue weighted by Gasteiger charge is -2.71. The molecule has 0 bridgehead atoms. The first-order chi connectivity index (χ1) is 31.8. The molecule has 0 amide bonds. The molecule has 0 aromatic heterocycles. The average molecular weight is 967 g/mol. The summed E-state index contributed by atoms with van der Waals surface area (Å²) in [7, 11) is 0. The molecule has 3 heterocycles. The van der Waals surface area contributed by atoms with Crippen molar-refractivity contribution in [1.82, 2.24) is 0 Å². The first kappa shape index (κ1) is 52.0. The van der Waals surface area contributed by atoms with Crippen LogP contribution in [-0.4, -0.2) is 159 Å². The van der Waals surface area contributed by atoms with Gasteiger partial charge in [-0.3, -0.25) is 14.4 Å². The second kappa shape index (κ2) is 18.6. The summed E-state index contributed by atoms with van der Waals surface area (Å²) in [5.74, 6) is -1.80. The number of aliphatic hydroxyl groups is 6. The number of esters is 2. The number of allylic oxidation sites excluding steroid dienone is 2. The number of rotatable bonds is 11. The Bertz CT molecular complexity index is 1930. The summed E-state index contributed by atoms with van der Waals surface area (Å²) in [5, 5.41) is 78.7. The summed E-state index contributed by atoms with van der Waals surface area (Å²) >= 11 is 0. The minimum atomic E-state index is -1.79. The largest absolute Gasteiger partial charge is 0.481 e. The molecule has 3 aliphatic heterocycles. The van der Waals surface area contributed by atoms with Gasteiger partial charge in [0, 0.05) is 19.3 Å². The molecule has 22 atom stereocenters. The van der Waals surface area contributed by atoms with Crippen LogP contribution in [0.2, 0.25) is 0 Å². The summed E-state index contributed by atoms with van der Waals surface area (Å²) in [5.41, 5.74) is -0.640. The molecule has 0 aromatic rings. The quantitative estimate of drug-likeness (QED) is 0.0891. The smallest absolute Gasteiger partial charge is 0.310 e. The lowest BCUT2D eigenvalue weighted by atomic mass is 9.33. The van der Waals surface area contributed by atoms with Crippen LogP contribution in [-0.2, 0) is 52.3 Å². The van der Waals surface area contributed by atoms with E-state index in [9.17, 15) is 50.1 Å². The molecular weight excluding hydrogens is 889 g/mol. The fraction of sp³-hybridized carbons (Fsp3) is 0.900. The van der Waals surface area contributed by atoms with E-state index in [1.54, 1.807) is 0 Å². The molecule has 8 aliphatic rings. The zero-order valence-corrected chi connectivity index (χ0v) is 41.2. The molecular formula is C50H78O18. The van der Waals surface area contributed by atoms with Crippen LogP contribution in [0.25, 0.3) is 0 Å². The SMILES string of the molecule is CC(=O)OC[C@@H]1O[C@@H](O[C@@H]2[C@@H](O)[C@H](C)O[C@@H](O[C@H]3[C@H](O[C@H]4CC[C@@]5(C)[C@@H](CC[C@]6(C)[C@@H]5CC=C5[C@@H]7CC(C)(C)CC[C@]7(C(=O)O)CC[C@]56C)[C@]4(C)CO)OC[C@H](O)[C@@H]3O)[C@@H]2O)[C@H](O)[C@H]1OC(C)=O. The van der Waals surface area contributed by atoms with E-state index in [-0.39, 0.29) is 52.6 Å². The van der Waals surface area contributed by atoms with E-state index < -0.39 is 121 Å². The van der Waals surface area contributed by atoms with Crippen molar-refractivity contribution in [1.29, 1.82) is 0 Å². The second-order valence-corrected chi connectivity index (χ2v) is 23.6. The summed E-state index contributed by atoms with van der Waals surface area (Å²) in [6.07, 6.45) is -9.29. The van der Waals surface area contributed by atoms with Crippen molar-refractivity contribution in [2.24, 2.45) is 50.2 Å². The van der Waals surface area contributed by atoms with Crippen molar-refractivity contribution in [2.45, 2.75) is 213 Å². The van der Waals surface area contributed by atoms with Gasteiger partial charge in [0.05, 0.1) is 30.8 Å². The number of carboxylic acid groups (broad SMARTS) is 1. The first-order valence-corrected chi connectivity index (χ1v) is 24.9. The van der Waals surface area contributed by atoms with E-state index in [0.717, 1.165) is 51.9 Å². The van der Waals surface area contributed by atoms with Crippen molar-refractivity contribution >= 4 is 17.9 Å². The Balaban J connectivity index is 1.000. The second-order valence-electron chi connectivity index (χ2n) is 23.6. The van der Waals surface area contributed by atoms with Crippen molar-refractivity contribution in [2.75, 3.05) is 19.8 Å². The third-order valence-corrected chi connectivity index (χ3v) is 19.3. The Morgan fingerprint density at radius 1 is 0.735 bits per heavy atom. The molecule has 18 nitrogen and oxygen atoms in total. The van der Waals surface area contributed by atoms with Crippen molar-refractivity contribution in [3.63, 3.8) is 0 Å². The van der Waals surface area contributed by atoms with Gasteiger partial charge in [-0.2, -0.15) is 0 Å². The number of hydrogen-bond acceptors (Lipinski definition) is 17. The number of carbonyl (C=O) groups is 3. The molecule has 5 aliphatic carbocycles. The maximum absolute atomic E-state index is 13.2. The molecule has 386 valence electrons. The van der Waals surface area contributed by atoms with E-state index in [0.29, 0.717) is 19.3 Å². The number of carbonyl (C=O) groups excluding carboxylic acids is 2.